The summed E-state index contributed by atoms with van der Waals surface area (Å²) in [6.45, 7) is 0. The van der Waals surface area contributed by atoms with Gasteiger partial charge in [-0.15, -0.1) is 0 Å². The van der Waals surface area contributed by atoms with Gasteiger partial charge < -0.3 is 9.47 Å². The predicted octanol–water partition coefficient (Wildman–Crippen LogP) is 5.97. The van der Waals surface area contributed by atoms with Crippen LogP contribution in [-0.4, -0.2) is 23.3 Å². The lowest BCUT2D eigenvalue weighted by Gasteiger charge is -2.13. The molecule has 0 saturated carbocycles. The molecule has 0 bridgehead atoms. The van der Waals surface area contributed by atoms with Crippen LogP contribution in [0.15, 0.2) is 77.7 Å². The Morgan fingerprint density at radius 1 is 1.03 bits per heavy atom. The maximum Gasteiger partial charge on any atom is 0.345 e. The molecule has 0 aliphatic carbocycles. The SMILES string of the molecule is COc1cc(C=C2SC(=S)N(c3ccccc3)C2=O)ccc1OC(=O)c1ccccc1Cl. The van der Waals surface area contributed by atoms with Crippen LogP contribution < -0.4 is 14.4 Å². The Morgan fingerprint density at radius 2 is 1.75 bits per heavy atom. The minimum atomic E-state index is -0.592. The number of hydrogen-bond donors (Lipinski definition) is 0. The van der Waals surface area contributed by atoms with E-state index < -0.39 is 5.97 Å². The first-order chi connectivity index (χ1) is 15.5. The van der Waals surface area contributed by atoms with Gasteiger partial charge in [0.25, 0.3) is 5.91 Å². The number of ether oxygens (including phenoxy) is 2. The zero-order chi connectivity index (χ0) is 22.7. The molecule has 5 nitrogen and oxygen atoms in total. The Hall–Kier alpha value is -3.13. The number of esters is 1. The van der Waals surface area contributed by atoms with E-state index >= 15 is 0 Å². The first kappa shape index (κ1) is 22.1. The quantitative estimate of drug-likeness (QED) is 0.193. The van der Waals surface area contributed by atoms with E-state index in [1.54, 1.807) is 48.5 Å². The van der Waals surface area contributed by atoms with E-state index in [4.69, 9.17) is 33.3 Å². The van der Waals surface area contributed by atoms with E-state index in [-0.39, 0.29) is 17.2 Å². The van der Waals surface area contributed by atoms with Crippen molar-refractivity contribution in [3.8, 4) is 11.5 Å². The van der Waals surface area contributed by atoms with Gasteiger partial charge in [-0.1, -0.05) is 72.0 Å². The Labute approximate surface area is 199 Å². The summed E-state index contributed by atoms with van der Waals surface area (Å²) in [6, 6.07) is 20.9. The van der Waals surface area contributed by atoms with Crippen molar-refractivity contribution in [2.75, 3.05) is 12.0 Å². The van der Waals surface area contributed by atoms with Crippen molar-refractivity contribution in [3.63, 3.8) is 0 Å². The zero-order valence-corrected chi connectivity index (χ0v) is 19.2. The maximum atomic E-state index is 12.9. The lowest BCUT2D eigenvalue weighted by atomic mass is 10.1. The van der Waals surface area contributed by atoms with Crippen LogP contribution in [-0.2, 0) is 4.79 Å². The smallest absolute Gasteiger partial charge is 0.345 e. The molecule has 1 aliphatic heterocycles. The molecule has 32 heavy (non-hydrogen) atoms. The normalized spacial score (nSPS) is 14.7. The van der Waals surface area contributed by atoms with Crippen molar-refractivity contribution < 1.29 is 19.1 Å². The van der Waals surface area contributed by atoms with Crippen molar-refractivity contribution >= 4 is 63.5 Å². The Balaban J connectivity index is 1.57. The summed E-state index contributed by atoms with van der Waals surface area (Å²) in [5.74, 6) is -0.200. The van der Waals surface area contributed by atoms with E-state index in [1.807, 2.05) is 30.3 Å². The van der Waals surface area contributed by atoms with Gasteiger partial charge in [0, 0.05) is 0 Å². The molecule has 0 unspecified atom stereocenters. The van der Waals surface area contributed by atoms with E-state index in [9.17, 15) is 9.59 Å². The first-order valence-electron chi connectivity index (χ1n) is 9.45. The Bertz CT molecular complexity index is 1240. The summed E-state index contributed by atoms with van der Waals surface area (Å²) in [5.41, 5.74) is 1.68. The molecule has 160 valence electrons. The molecule has 3 aromatic carbocycles. The number of thioether (sulfide) groups is 1. The fourth-order valence-corrected chi connectivity index (χ4v) is 4.57. The largest absolute Gasteiger partial charge is 0.493 e. The number of carbonyl (C=O) groups is 2. The highest BCUT2D eigenvalue weighted by Crippen LogP contribution is 2.37. The minimum absolute atomic E-state index is 0.195. The topological polar surface area (TPSA) is 55.8 Å². The minimum Gasteiger partial charge on any atom is -0.493 e. The molecule has 0 radical (unpaired) electrons. The number of para-hydroxylation sites is 1. The number of hydrogen-bond acceptors (Lipinski definition) is 6. The molecule has 1 saturated heterocycles. The van der Waals surface area contributed by atoms with Gasteiger partial charge in [-0.25, -0.2) is 4.79 Å². The summed E-state index contributed by atoms with van der Waals surface area (Å²) in [4.78, 5) is 27.4. The highest BCUT2D eigenvalue weighted by molar-refractivity contribution is 8.27. The molecular formula is C24H16ClNO4S2. The number of carbonyl (C=O) groups excluding carboxylic acids is 2. The lowest BCUT2D eigenvalue weighted by Crippen LogP contribution is -2.27. The van der Waals surface area contributed by atoms with Gasteiger partial charge in [-0.3, -0.25) is 9.69 Å². The van der Waals surface area contributed by atoms with Crippen LogP contribution in [0, 0.1) is 0 Å². The van der Waals surface area contributed by atoms with Gasteiger partial charge in [0.2, 0.25) is 0 Å². The second kappa shape index (κ2) is 9.56. The number of amides is 1. The highest BCUT2D eigenvalue weighted by atomic mass is 35.5. The average molecular weight is 482 g/mol. The molecule has 1 heterocycles. The molecule has 1 fully saturated rings. The molecule has 0 N–H and O–H groups in total. The van der Waals surface area contributed by atoms with Gasteiger partial charge in [0.15, 0.2) is 15.8 Å². The van der Waals surface area contributed by atoms with Crippen LogP contribution in [0.1, 0.15) is 15.9 Å². The average Bonchev–Trinajstić information content (AvgIpc) is 3.08. The standard InChI is InChI=1S/C24H16ClNO4S2/c1-29-20-13-15(11-12-19(20)30-23(28)17-9-5-6-10-18(17)25)14-21-22(27)26(24(31)32-21)16-7-3-2-4-8-16/h2-14H,1H3. The van der Waals surface area contributed by atoms with Crippen molar-refractivity contribution in [2.45, 2.75) is 0 Å². The van der Waals surface area contributed by atoms with Gasteiger partial charge in [-0.05, 0) is 48.0 Å². The fraction of sp³-hybridized carbons (Fsp3) is 0.0417. The molecular weight excluding hydrogens is 466 g/mol. The Morgan fingerprint density at radius 3 is 2.47 bits per heavy atom. The van der Waals surface area contributed by atoms with Crippen LogP contribution in [0.3, 0.4) is 0 Å². The number of anilines is 1. The summed E-state index contributed by atoms with van der Waals surface area (Å²) < 4.78 is 11.3. The van der Waals surface area contributed by atoms with E-state index in [0.717, 1.165) is 5.69 Å². The van der Waals surface area contributed by atoms with E-state index in [1.165, 1.54) is 23.8 Å². The van der Waals surface area contributed by atoms with Crippen LogP contribution in [0.25, 0.3) is 6.08 Å². The third-order valence-electron chi connectivity index (χ3n) is 4.59. The predicted molar refractivity (Wildman–Crippen MR) is 131 cm³/mol. The summed E-state index contributed by atoms with van der Waals surface area (Å²) in [5, 5.41) is 0.300. The lowest BCUT2D eigenvalue weighted by molar-refractivity contribution is -0.113. The summed E-state index contributed by atoms with van der Waals surface area (Å²) >= 11 is 12.7. The molecule has 3 aromatic rings. The molecule has 4 rings (SSSR count). The van der Waals surface area contributed by atoms with Crippen LogP contribution in [0.5, 0.6) is 11.5 Å². The van der Waals surface area contributed by atoms with E-state index in [0.29, 0.717) is 25.6 Å². The van der Waals surface area contributed by atoms with Gasteiger partial charge in [-0.2, -0.15) is 0 Å². The van der Waals surface area contributed by atoms with Crippen LogP contribution >= 0.6 is 35.6 Å². The van der Waals surface area contributed by atoms with Gasteiger partial charge in [0.1, 0.15) is 0 Å². The fourth-order valence-electron chi connectivity index (χ4n) is 3.06. The zero-order valence-electron chi connectivity index (χ0n) is 16.8. The Kier molecular flexibility index (Phi) is 6.60. The summed E-state index contributed by atoms with van der Waals surface area (Å²) in [7, 11) is 1.47. The summed E-state index contributed by atoms with van der Waals surface area (Å²) in [6.07, 6.45) is 1.73. The second-order valence-corrected chi connectivity index (χ2v) is 8.72. The number of halogens is 1. The highest BCUT2D eigenvalue weighted by Gasteiger charge is 2.33. The molecule has 1 aliphatic rings. The molecule has 8 heteroatoms. The monoisotopic (exact) mass is 481 g/mol. The number of rotatable bonds is 5. The number of methoxy groups -OCH3 is 1. The molecule has 0 spiro atoms. The van der Waals surface area contributed by atoms with Crippen molar-refractivity contribution in [3.05, 3.63) is 93.9 Å². The van der Waals surface area contributed by atoms with E-state index in [2.05, 4.69) is 0 Å². The molecule has 0 atom stereocenters. The van der Waals surface area contributed by atoms with Crippen molar-refractivity contribution in [2.24, 2.45) is 0 Å². The molecule has 0 aromatic heterocycles. The second-order valence-electron chi connectivity index (χ2n) is 6.63. The van der Waals surface area contributed by atoms with Crippen molar-refractivity contribution in [1.82, 2.24) is 0 Å². The first-order valence-corrected chi connectivity index (χ1v) is 11.1. The maximum absolute atomic E-state index is 12.9. The third-order valence-corrected chi connectivity index (χ3v) is 6.22. The number of nitrogens with zero attached hydrogens (tertiary/aromatic N) is 1. The number of benzene rings is 3. The van der Waals surface area contributed by atoms with Gasteiger partial charge >= 0.3 is 5.97 Å². The number of thiocarbonyl (C=S) groups is 1. The van der Waals surface area contributed by atoms with Crippen molar-refractivity contribution in [1.29, 1.82) is 0 Å². The third kappa shape index (κ3) is 4.55. The molecule has 1 amide bonds. The van der Waals surface area contributed by atoms with Crippen LogP contribution in [0.2, 0.25) is 5.02 Å². The van der Waals surface area contributed by atoms with Gasteiger partial charge in [0.05, 0.1) is 28.3 Å². The van der Waals surface area contributed by atoms with Crippen LogP contribution in [0.4, 0.5) is 5.69 Å².